The zero-order chi connectivity index (χ0) is 11.6. The van der Waals surface area contributed by atoms with Crippen molar-refractivity contribution in [2.45, 2.75) is 32.1 Å². The van der Waals surface area contributed by atoms with Gasteiger partial charge in [-0.1, -0.05) is 0 Å². The molecule has 7 heteroatoms. The van der Waals surface area contributed by atoms with Gasteiger partial charge in [0.25, 0.3) is 0 Å². The lowest BCUT2D eigenvalue weighted by molar-refractivity contribution is -0.138. The lowest BCUT2D eigenvalue weighted by Crippen LogP contribution is -2.23. The smallest absolute Gasteiger partial charge is 0.322 e. The van der Waals surface area contributed by atoms with Gasteiger partial charge in [-0.2, -0.15) is 18.3 Å². The van der Waals surface area contributed by atoms with Crippen LogP contribution in [0.1, 0.15) is 25.1 Å². The summed E-state index contributed by atoms with van der Waals surface area (Å²) in [4.78, 5) is 0. The summed E-state index contributed by atoms with van der Waals surface area (Å²) >= 11 is 3.14. The Bertz CT molecular complexity index is 334. The summed E-state index contributed by atoms with van der Waals surface area (Å²) in [7, 11) is 0. The number of nitrogens with two attached hydrogens (primary N) is 1. The molecule has 2 N–H and O–H groups in total. The highest BCUT2D eigenvalue weighted by Crippen LogP contribution is 2.31. The van der Waals surface area contributed by atoms with Crippen LogP contribution >= 0.6 is 15.9 Å². The first kappa shape index (κ1) is 12.5. The van der Waals surface area contributed by atoms with Crippen LogP contribution in [-0.2, 0) is 6.54 Å². The molecule has 0 radical (unpaired) electrons. The summed E-state index contributed by atoms with van der Waals surface area (Å²) in [5.74, 6) is 0. The Balaban J connectivity index is 2.90. The van der Waals surface area contributed by atoms with Crippen molar-refractivity contribution < 1.29 is 13.2 Å². The van der Waals surface area contributed by atoms with Crippen molar-refractivity contribution in [3.05, 3.63) is 16.4 Å². The number of rotatable bonds is 3. The fourth-order valence-electron chi connectivity index (χ4n) is 1.34. The van der Waals surface area contributed by atoms with Crippen molar-refractivity contribution in [1.82, 2.24) is 9.78 Å². The van der Waals surface area contributed by atoms with Gasteiger partial charge in [0.1, 0.15) is 0 Å². The summed E-state index contributed by atoms with van der Waals surface area (Å²) in [6, 6.07) is -1.08. The van der Waals surface area contributed by atoms with Crippen LogP contribution in [0.15, 0.2) is 10.7 Å². The fraction of sp³-hybridized carbons (Fsp3) is 0.625. The Hall–Kier alpha value is -0.560. The van der Waals surface area contributed by atoms with Gasteiger partial charge in [0.15, 0.2) is 0 Å². The molecule has 0 saturated heterocycles. The number of aromatic nitrogens is 2. The van der Waals surface area contributed by atoms with Gasteiger partial charge in [-0.15, -0.1) is 0 Å². The third kappa shape index (κ3) is 3.20. The third-order valence-electron chi connectivity index (χ3n) is 1.94. The molecule has 0 aromatic carbocycles. The maximum atomic E-state index is 12.1. The van der Waals surface area contributed by atoms with Crippen LogP contribution in [0.4, 0.5) is 13.2 Å². The van der Waals surface area contributed by atoms with E-state index in [-0.39, 0.29) is 0 Å². The van der Waals surface area contributed by atoms with E-state index in [0.717, 1.165) is 0 Å². The quantitative estimate of drug-likeness (QED) is 0.928. The van der Waals surface area contributed by atoms with Crippen LogP contribution in [0.3, 0.4) is 0 Å². The highest BCUT2D eigenvalue weighted by atomic mass is 79.9. The van der Waals surface area contributed by atoms with Crippen LogP contribution in [0.2, 0.25) is 0 Å². The van der Waals surface area contributed by atoms with E-state index in [1.807, 2.05) is 0 Å². The standard InChI is InChI=1S/C8H11BrF3N3/c1-2-15-7(5(9)4-14-15)6(13)3-8(10,11)12/h4,6H,2-3,13H2,1H3. The zero-order valence-corrected chi connectivity index (χ0v) is 9.64. The molecule has 3 nitrogen and oxygen atoms in total. The topological polar surface area (TPSA) is 43.8 Å². The number of hydrogen-bond donors (Lipinski definition) is 1. The molecular weight excluding hydrogens is 275 g/mol. The maximum absolute atomic E-state index is 12.1. The molecule has 1 rings (SSSR count). The second kappa shape index (κ2) is 4.52. The highest BCUT2D eigenvalue weighted by Gasteiger charge is 2.33. The molecule has 1 atom stereocenters. The van der Waals surface area contributed by atoms with E-state index in [1.165, 1.54) is 10.9 Å². The number of aryl methyl sites for hydroxylation is 1. The van der Waals surface area contributed by atoms with E-state index in [2.05, 4.69) is 21.0 Å². The monoisotopic (exact) mass is 285 g/mol. The third-order valence-corrected chi connectivity index (χ3v) is 2.55. The summed E-state index contributed by atoms with van der Waals surface area (Å²) in [5, 5.41) is 3.91. The molecule has 1 aromatic heterocycles. The highest BCUT2D eigenvalue weighted by molar-refractivity contribution is 9.10. The van der Waals surface area contributed by atoms with Crippen molar-refractivity contribution in [2.75, 3.05) is 0 Å². The molecule has 0 amide bonds. The van der Waals surface area contributed by atoms with Gasteiger partial charge in [-0.25, -0.2) is 0 Å². The molecule has 1 heterocycles. The van der Waals surface area contributed by atoms with Crippen LogP contribution in [0.25, 0.3) is 0 Å². The Labute approximate surface area is 93.6 Å². The number of nitrogens with zero attached hydrogens (tertiary/aromatic N) is 2. The number of halogens is 4. The Morgan fingerprint density at radius 1 is 1.60 bits per heavy atom. The predicted octanol–water partition coefficient (Wildman–Crippen LogP) is 2.62. The fourth-order valence-corrected chi connectivity index (χ4v) is 1.93. The average Bonchev–Trinajstić information content (AvgIpc) is 2.43. The lowest BCUT2D eigenvalue weighted by Gasteiger charge is -2.15. The van der Waals surface area contributed by atoms with Crippen molar-refractivity contribution in [3.8, 4) is 0 Å². The first-order valence-electron chi connectivity index (χ1n) is 4.38. The largest absolute Gasteiger partial charge is 0.390 e. The van der Waals surface area contributed by atoms with E-state index in [0.29, 0.717) is 16.7 Å². The van der Waals surface area contributed by atoms with E-state index < -0.39 is 18.6 Å². The van der Waals surface area contributed by atoms with Gasteiger partial charge < -0.3 is 5.73 Å². The van der Waals surface area contributed by atoms with Crippen LogP contribution in [-0.4, -0.2) is 16.0 Å². The maximum Gasteiger partial charge on any atom is 0.390 e. The summed E-state index contributed by atoms with van der Waals surface area (Å²) in [5.41, 5.74) is 5.88. The Morgan fingerprint density at radius 2 is 2.20 bits per heavy atom. The Kier molecular flexibility index (Phi) is 3.77. The predicted molar refractivity (Wildman–Crippen MR) is 53.2 cm³/mol. The minimum atomic E-state index is -4.26. The molecular formula is C8H11BrF3N3. The second-order valence-corrected chi connectivity index (χ2v) is 3.97. The molecule has 0 fully saturated rings. The van der Waals surface area contributed by atoms with Crippen LogP contribution in [0.5, 0.6) is 0 Å². The molecule has 1 aromatic rings. The molecule has 0 aliphatic rings. The Morgan fingerprint density at radius 3 is 2.67 bits per heavy atom. The van der Waals surface area contributed by atoms with E-state index >= 15 is 0 Å². The molecule has 0 spiro atoms. The molecule has 0 aliphatic carbocycles. The van der Waals surface area contributed by atoms with Gasteiger partial charge in [0.2, 0.25) is 0 Å². The molecule has 86 valence electrons. The summed E-state index contributed by atoms with van der Waals surface area (Å²) in [6.45, 7) is 2.29. The summed E-state index contributed by atoms with van der Waals surface area (Å²) in [6.07, 6.45) is -3.85. The lowest BCUT2D eigenvalue weighted by atomic mass is 10.1. The normalized spacial score (nSPS) is 14.3. The van der Waals surface area contributed by atoms with Crippen molar-refractivity contribution in [1.29, 1.82) is 0 Å². The van der Waals surface area contributed by atoms with E-state index in [1.54, 1.807) is 6.92 Å². The minimum Gasteiger partial charge on any atom is -0.322 e. The van der Waals surface area contributed by atoms with E-state index in [4.69, 9.17) is 5.73 Å². The van der Waals surface area contributed by atoms with Gasteiger partial charge >= 0.3 is 6.18 Å². The van der Waals surface area contributed by atoms with Gasteiger partial charge in [-0.05, 0) is 22.9 Å². The summed E-state index contributed by atoms with van der Waals surface area (Å²) < 4.78 is 38.4. The molecule has 0 saturated carbocycles. The van der Waals surface area contributed by atoms with Gasteiger partial charge in [0, 0.05) is 6.54 Å². The van der Waals surface area contributed by atoms with Gasteiger partial charge in [-0.3, -0.25) is 4.68 Å². The SMILES string of the molecule is CCn1ncc(Br)c1C(N)CC(F)(F)F. The van der Waals surface area contributed by atoms with E-state index in [9.17, 15) is 13.2 Å². The first-order valence-corrected chi connectivity index (χ1v) is 5.18. The zero-order valence-electron chi connectivity index (χ0n) is 8.05. The molecule has 0 bridgehead atoms. The van der Waals surface area contributed by atoms with Crippen molar-refractivity contribution in [3.63, 3.8) is 0 Å². The van der Waals surface area contributed by atoms with Crippen molar-refractivity contribution >= 4 is 15.9 Å². The minimum absolute atomic E-state index is 0.384. The second-order valence-electron chi connectivity index (χ2n) is 3.12. The van der Waals surface area contributed by atoms with Crippen molar-refractivity contribution in [2.24, 2.45) is 5.73 Å². The average molecular weight is 286 g/mol. The molecule has 1 unspecified atom stereocenters. The molecule has 15 heavy (non-hydrogen) atoms. The number of alkyl halides is 3. The van der Waals surface area contributed by atoms with Gasteiger partial charge in [0.05, 0.1) is 28.8 Å². The van der Waals surface area contributed by atoms with Crippen LogP contribution < -0.4 is 5.73 Å². The molecule has 0 aliphatic heterocycles. The number of hydrogen-bond acceptors (Lipinski definition) is 2. The van der Waals surface area contributed by atoms with Crippen LogP contribution in [0, 0.1) is 0 Å². The first-order chi connectivity index (χ1) is 6.85.